The Morgan fingerprint density at radius 1 is 1.45 bits per heavy atom. The molecular formula is C15H28IN5S. The van der Waals surface area contributed by atoms with Gasteiger partial charge in [0.2, 0.25) is 0 Å². The molecule has 1 unspecified atom stereocenters. The normalized spacial score (nSPS) is 21.8. The number of rotatable bonds is 5. The van der Waals surface area contributed by atoms with Crippen LogP contribution in [0.4, 0.5) is 0 Å². The minimum atomic E-state index is 0. The van der Waals surface area contributed by atoms with Gasteiger partial charge in [-0.15, -0.1) is 24.0 Å². The van der Waals surface area contributed by atoms with Crippen LogP contribution >= 0.6 is 35.7 Å². The van der Waals surface area contributed by atoms with E-state index in [1.807, 2.05) is 25.9 Å². The van der Waals surface area contributed by atoms with Gasteiger partial charge in [-0.25, -0.2) is 0 Å². The number of aromatic nitrogens is 1. The van der Waals surface area contributed by atoms with Gasteiger partial charge in [0, 0.05) is 50.9 Å². The van der Waals surface area contributed by atoms with Crippen LogP contribution in [0.15, 0.2) is 23.5 Å². The average molecular weight is 437 g/mol. The molecule has 0 radical (unpaired) electrons. The first-order valence-electron chi connectivity index (χ1n) is 7.36. The fourth-order valence-electron chi connectivity index (χ4n) is 2.57. The van der Waals surface area contributed by atoms with E-state index in [9.17, 15) is 0 Å². The Morgan fingerprint density at radius 2 is 2.23 bits per heavy atom. The van der Waals surface area contributed by atoms with E-state index in [1.165, 1.54) is 23.5 Å². The smallest absolute Gasteiger partial charge is 0.191 e. The lowest BCUT2D eigenvalue weighted by Crippen LogP contribution is -2.54. The molecule has 0 spiro atoms. The molecule has 0 aromatic carbocycles. The van der Waals surface area contributed by atoms with E-state index in [4.69, 9.17) is 0 Å². The minimum absolute atomic E-state index is 0. The predicted octanol–water partition coefficient (Wildman–Crippen LogP) is 1.75. The zero-order valence-electron chi connectivity index (χ0n) is 13.9. The van der Waals surface area contributed by atoms with Crippen molar-refractivity contribution in [3.63, 3.8) is 0 Å². The van der Waals surface area contributed by atoms with E-state index in [-0.39, 0.29) is 29.5 Å². The van der Waals surface area contributed by atoms with Crippen molar-refractivity contribution < 1.29 is 0 Å². The van der Waals surface area contributed by atoms with E-state index in [0.29, 0.717) is 0 Å². The number of guanidine groups is 1. The number of thioether (sulfide) groups is 1. The number of halogens is 1. The zero-order valence-corrected chi connectivity index (χ0v) is 17.1. The topological polar surface area (TPSA) is 44.6 Å². The molecule has 7 heteroatoms. The Morgan fingerprint density at radius 3 is 2.73 bits per heavy atom. The van der Waals surface area contributed by atoms with Crippen LogP contribution in [0.25, 0.3) is 0 Å². The monoisotopic (exact) mass is 437 g/mol. The molecule has 0 aliphatic carbocycles. The Kier molecular flexibility index (Phi) is 8.06. The minimum Gasteiger partial charge on any atom is -0.357 e. The Bertz CT molecular complexity index is 480. The van der Waals surface area contributed by atoms with Crippen LogP contribution in [-0.4, -0.2) is 60.2 Å². The molecule has 1 aromatic heterocycles. The summed E-state index contributed by atoms with van der Waals surface area (Å²) >= 11 is 2.04. The fourth-order valence-corrected chi connectivity index (χ4v) is 4.12. The number of hydrogen-bond donors (Lipinski definition) is 2. The molecule has 0 bridgehead atoms. The summed E-state index contributed by atoms with van der Waals surface area (Å²) in [6, 6.07) is 2.12. The van der Waals surface area contributed by atoms with E-state index in [1.54, 1.807) is 0 Å². The number of aryl methyl sites for hydroxylation is 1. The quantitative estimate of drug-likeness (QED) is 0.419. The third kappa shape index (κ3) is 5.06. The lowest BCUT2D eigenvalue weighted by Gasteiger charge is -2.36. The first-order valence-corrected chi connectivity index (χ1v) is 8.52. The number of nitrogens with one attached hydrogen (secondary N) is 2. The van der Waals surface area contributed by atoms with Crippen molar-refractivity contribution >= 4 is 41.7 Å². The molecule has 1 aromatic rings. The van der Waals surface area contributed by atoms with Crippen molar-refractivity contribution in [3.8, 4) is 0 Å². The predicted molar refractivity (Wildman–Crippen MR) is 107 cm³/mol. The Labute approximate surface area is 155 Å². The second kappa shape index (κ2) is 9.02. The van der Waals surface area contributed by atoms with Crippen molar-refractivity contribution in [1.29, 1.82) is 0 Å². The summed E-state index contributed by atoms with van der Waals surface area (Å²) < 4.78 is 2.06. The van der Waals surface area contributed by atoms with Gasteiger partial charge >= 0.3 is 0 Å². The molecule has 5 nitrogen and oxygen atoms in total. The van der Waals surface area contributed by atoms with Crippen molar-refractivity contribution in [2.45, 2.75) is 18.5 Å². The highest BCUT2D eigenvalue weighted by Crippen LogP contribution is 2.31. The summed E-state index contributed by atoms with van der Waals surface area (Å²) in [5.74, 6) is 3.30. The maximum atomic E-state index is 4.32. The molecule has 0 saturated carbocycles. The molecule has 2 rings (SSSR count). The highest BCUT2D eigenvalue weighted by Gasteiger charge is 2.36. The lowest BCUT2D eigenvalue weighted by atomic mass is 9.97. The van der Waals surface area contributed by atoms with Crippen LogP contribution in [-0.2, 0) is 13.6 Å². The number of aliphatic imine (C=N–C) groups is 1. The van der Waals surface area contributed by atoms with Gasteiger partial charge in [-0.1, -0.05) is 0 Å². The molecule has 22 heavy (non-hydrogen) atoms. The largest absolute Gasteiger partial charge is 0.357 e. The number of nitrogens with zero attached hydrogens (tertiary/aromatic N) is 3. The van der Waals surface area contributed by atoms with Crippen molar-refractivity contribution in [1.82, 2.24) is 20.1 Å². The number of hydrogen-bond acceptors (Lipinski definition) is 3. The van der Waals surface area contributed by atoms with Crippen molar-refractivity contribution in [3.05, 3.63) is 24.0 Å². The maximum absolute atomic E-state index is 4.32. The fraction of sp³-hybridized carbons (Fsp3) is 0.667. The van der Waals surface area contributed by atoms with Crippen LogP contribution in [0.3, 0.4) is 0 Å². The summed E-state index contributed by atoms with van der Waals surface area (Å²) in [4.78, 5) is 6.68. The SMILES string of the molecule is CN=C(NCc1ccn(C)c1)NCC1(N(C)C)CCSC1.I. The van der Waals surface area contributed by atoms with Gasteiger partial charge < -0.3 is 20.1 Å². The lowest BCUT2D eigenvalue weighted by molar-refractivity contribution is 0.183. The Hall–Kier alpha value is -0.410. The van der Waals surface area contributed by atoms with Gasteiger partial charge in [0.15, 0.2) is 5.96 Å². The van der Waals surface area contributed by atoms with Crippen LogP contribution in [0.1, 0.15) is 12.0 Å². The average Bonchev–Trinajstić information content (AvgIpc) is 3.09. The first-order chi connectivity index (χ1) is 10.1. The summed E-state index contributed by atoms with van der Waals surface area (Å²) in [5, 5.41) is 6.87. The van der Waals surface area contributed by atoms with E-state index in [0.717, 1.165) is 19.0 Å². The van der Waals surface area contributed by atoms with Crippen molar-refractivity contribution in [2.75, 3.05) is 39.2 Å². The summed E-state index contributed by atoms with van der Waals surface area (Å²) in [6.45, 7) is 1.73. The van der Waals surface area contributed by atoms with Gasteiger partial charge in [0.05, 0.1) is 0 Å². The van der Waals surface area contributed by atoms with Gasteiger partial charge in [-0.05, 0) is 37.9 Å². The third-order valence-corrected chi connectivity index (χ3v) is 5.43. The van der Waals surface area contributed by atoms with Crippen molar-refractivity contribution in [2.24, 2.45) is 12.0 Å². The molecule has 1 saturated heterocycles. The van der Waals surface area contributed by atoms with Gasteiger partial charge in [0.1, 0.15) is 0 Å². The van der Waals surface area contributed by atoms with E-state index < -0.39 is 0 Å². The zero-order chi connectivity index (χ0) is 15.3. The summed E-state index contributed by atoms with van der Waals surface area (Å²) in [6.07, 6.45) is 5.41. The molecule has 1 fully saturated rings. The second-order valence-corrected chi connectivity index (χ2v) is 6.99. The molecule has 1 atom stereocenters. The Balaban J connectivity index is 0.00000242. The molecular weight excluding hydrogens is 409 g/mol. The highest BCUT2D eigenvalue weighted by molar-refractivity contribution is 14.0. The molecule has 0 amide bonds. The maximum Gasteiger partial charge on any atom is 0.191 e. The van der Waals surface area contributed by atoms with Crippen LogP contribution in [0, 0.1) is 0 Å². The van der Waals surface area contributed by atoms with Gasteiger partial charge in [0.25, 0.3) is 0 Å². The number of likely N-dealkylation sites (N-methyl/N-ethyl adjacent to an activating group) is 1. The van der Waals surface area contributed by atoms with Gasteiger partial charge in [-0.3, -0.25) is 4.99 Å². The molecule has 126 valence electrons. The standard InChI is InChI=1S/C15H27N5S.HI/c1-16-14(17-9-13-5-7-20(4)10-13)18-11-15(19(2)3)6-8-21-12-15;/h5,7,10H,6,8-9,11-12H2,1-4H3,(H2,16,17,18);1H. The van der Waals surface area contributed by atoms with Crippen LogP contribution in [0.2, 0.25) is 0 Å². The molecule has 2 heterocycles. The molecule has 2 N–H and O–H groups in total. The molecule has 1 aliphatic rings. The van der Waals surface area contributed by atoms with E-state index in [2.05, 4.69) is 57.6 Å². The molecule has 1 aliphatic heterocycles. The van der Waals surface area contributed by atoms with Crippen LogP contribution < -0.4 is 10.6 Å². The summed E-state index contributed by atoms with van der Waals surface area (Å²) in [5.41, 5.74) is 1.51. The van der Waals surface area contributed by atoms with Gasteiger partial charge in [-0.2, -0.15) is 11.8 Å². The summed E-state index contributed by atoms with van der Waals surface area (Å²) in [7, 11) is 8.21. The first kappa shape index (κ1) is 19.6. The third-order valence-electron chi connectivity index (χ3n) is 4.19. The van der Waals surface area contributed by atoms with E-state index >= 15 is 0 Å². The highest BCUT2D eigenvalue weighted by atomic mass is 127. The second-order valence-electron chi connectivity index (χ2n) is 5.89. The van der Waals surface area contributed by atoms with Crippen LogP contribution in [0.5, 0.6) is 0 Å².